The molecule has 0 fully saturated rings. The van der Waals surface area contributed by atoms with Gasteiger partial charge in [-0.25, -0.2) is 4.39 Å². The van der Waals surface area contributed by atoms with Crippen LogP contribution < -0.4 is 11.1 Å². The lowest BCUT2D eigenvalue weighted by Gasteiger charge is -2.23. The first-order valence-corrected chi connectivity index (χ1v) is 6.12. The molecule has 1 aromatic carbocycles. The number of fused-ring (bicyclic) bond motifs is 1. The number of hydrogen-bond acceptors (Lipinski definition) is 4. The number of benzene rings is 1. The van der Waals surface area contributed by atoms with Crippen molar-refractivity contribution in [1.29, 1.82) is 0 Å². The Labute approximate surface area is 115 Å². The minimum atomic E-state index is -0.803. The molecule has 0 saturated heterocycles. The first-order chi connectivity index (χ1) is 9.35. The van der Waals surface area contributed by atoms with Gasteiger partial charge in [0.1, 0.15) is 11.5 Å². The molecule has 2 aromatic rings. The van der Waals surface area contributed by atoms with Crippen LogP contribution in [0, 0.1) is 5.82 Å². The van der Waals surface area contributed by atoms with E-state index in [1.165, 1.54) is 24.4 Å². The Morgan fingerprint density at radius 3 is 2.80 bits per heavy atom. The van der Waals surface area contributed by atoms with Gasteiger partial charge in [-0.1, -0.05) is 0 Å². The molecule has 0 aliphatic rings. The third-order valence-corrected chi connectivity index (χ3v) is 2.97. The number of aliphatic hydroxyl groups is 1. The third-order valence-electron chi connectivity index (χ3n) is 2.97. The Hall–Kier alpha value is -2.21. The summed E-state index contributed by atoms with van der Waals surface area (Å²) < 4.78 is 13.8. The fourth-order valence-corrected chi connectivity index (χ4v) is 1.87. The number of pyridine rings is 1. The molecule has 1 heterocycles. The fourth-order valence-electron chi connectivity index (χ4n) is 1.87. The third kappa shape index (κ3) is 2.55. The van der Waals surface area contributed by atoms with Gasteiger partial charge in [0.15, 0.2) is 0 Å². The first kappa shape index (κ1) is 14.2. The molecule has 2 rings (SSSR count). The molecule has 6 heteroatoms. The number of aliphatic hydroxyl groups excluding tert-OH is 1. The highest BCUT2D eigenvalue weighted by atomic mass is 19.1. The van der Waals surface area contributed by atoms with Crippen LogP contribution in [0.25, 0.3) is 10.8 Å². The second-order valence-corrected chi connectivity index (χ2v) is 5.21. The quantitative estimate of drug-likeness (QED) is 0.741. The Bertz CT molecular complexity index is 671. The van der Waals surface area contributed by atoms with Crippen molar-refractivity contribution >= 4 is 22.4 Å². The maximum Gasteiger partial charge on any atom is 0.271 e. The number of nitrogens with two attached hydrogens (primary N) is 1. The van der Waals surface area contributed by atoms with Crippen molar-refractivity contribution in [2.45, 2.75) is 19.4 Å². The predicted molar refractivity (Wildman–Crippen MR) is 74.7 cm³/mol. The highest BCUT2D eigenvalue weighted by molar-refractivity contribution is 6.09. The molecule has 1 aromatic heterocycles. The van der Waals surface area contributed by atoms with E-state index in [1.54, 1.807) is 13.8 Å². The number of nitrogen functional groups attached to an aromatic ring is 1. The summed E-state index contributed by atoms with van der Waals surface area (Å²) in [6, 6.07) is 4.11. The zero-order chi connectivity index (χ0) is 14.9. The molecule has 4 N–H and O–H groups in total. The van der Waals surface area contributed by atoms with Crippen molar-refractivity contribution in [3.8, 4) is 0 Å². The highest BCUT2D eigenvalue weighted by Gasteiger charge is 2.23. The van der Waals surface area contributed by atoms with E-state index in [0.29, 0.717) is 0 Å². The Balaban J connectivity index is 2.55. The number of rotatable bonds is 3. The second-order valence-electron chi connectivity index (χ2n) is 5.21. The zero-order valence-corrected chi connectivity index (χ0v) is 11.3. The molecule has 5 nitrogen and oxygen atoms in total. The van der Waals surface area contributed by atoms with Crippen molar-refractivity contribution in [3.63, 3.8) is 0 Å². The minimum absolute atomic E-state index is 0.0426. The molecule has 0 radical (unpaired) electrons. The smallest absolute Gasteiger partial charge is 0.271 e. The molecule has 106 valence electrons. The van der Waals surface area contributed by atoms with Gasteiger partial charge in [-0.2, -0.15) is 0 Å². The second kappa shape index (κ2) is 5.05. The van der Waals surface area contributed by atoms with Crippen LogP contribution in [-0.4, -0.2) is 28.1 Å². The molecule has 0 unspecified atom stereocenters. The van der Waals surface area contributed by atoms with Crippen LogP contribution in [0.2, 0.25) is 0 Å². The summed E-state index contributed by atoms with van der Waals surface area (Å²) in [7, 11) is 0. The number of halogens is 1. The standard InChI is InChI=1S/C14H16FN3O2/c1-14(2,7-19)18-13(20)12-11-8(5-6-17-12)9(15)3-4-10(11)16/h3-6,19H,7,16H2,1-2H3,(H,18,20). The lowest BCUT2D eigenvalue weighted by atomic mass is 10.0. The predicted octanol–water partition coefficient (Wildman–Crippen LogP) is 1.46. The van der Waals surface area contributed by atoms with Crippen LogP contribution in [0.15, 0.2) is 24.4 Å². The largest absolute Gasteiger partial charge is 0.398 e. The van der Waals surface area contributed by atoms with Crippen LogP contribution in [0.4, 0.5) is 10.1 Å². The van der Waals surface area contributed by atoms with Gasteiger partial charge in [0, 0.05) is 22.7 Å². The topological polar surface area (TPSA) is 88.2 Å². The highest BCUT2D eigenvalue weighted by Crippen LogP contribution is 2.26. The number of hydrogen-bond donors (Lipinski definition) is 3. The van der Waals surface area contributed by atoms with Crippen molar-refractivity contribution in [3.05, 3.63) is 35.9 Å². The fraction of sp³-hybridized carbons (Fsp3) is 0.286. The first-order valence-electron chi connectivity index (χ1n) is 6.12. The molecular formula is C14H16FN3O2. The lowest BCUT2D eigenvalue weighted by molar-refractivity contribution is 0.0866. The van der Waals surface area contributed by atoms with Crippen molar-refractivity contribution in [2.75, 3.05) is 12.3 Å². The van der Waals surface area contributed by atoms with Gasteiger partial charge < -0.3 is 16.2 Å². The number of carbonyl (C=O) groups is 1. The van der Waals surface area contributed by atoms with Crippen molar-refractivity contribution in [1.82, 2.24) is 10.3 Å². The monoisotopic (exact) mass is 277 g/mol. The Morgan fingerprint density at radius 2 is 2.15 bits per heavy atom. The molecule has 0 spiro atoms. The number of anilines is 1. The Morgan fingerprint density at radius 1 is 1.45 bits per heavy atom. The molecule has 0 aliphatic heterocycles. The summed E-state index contributed by atoms with van der Waals surface area (Å²) in [5.41, 5.74) is 5.34. The van der Waals surface area contributed by atoms with Crippen molar-refractivity contribution < 1.29 is 14.3 Å². The summed E-state index contributed by atoms with van der Waals surface area (Å²) in [4.78, 5) is 16.2. The molecule has 0 saturated carbocycles. The zero-order valence-electron chi connectivity index (χ0n) is 11.3. The van der Waals surface area contributed by atoms with Gasteiger partial charge in [-0.15, -0.1) is 0 Å². The van der Waals surface area contributed by atoms with Gasteiger partial charge in [0.2, 0.25) is 0 Å². The van der Waals surface area contributed by atoms with E-state index < -0.39 is 17.3 Å². The van der Waals surface area contributed by atoms with E-state index in [1.807, 2.05) is 0 Å². The normalized spacial score (nSPS) is 11.6. The minimum Gasteiger partial charge on any atom is -0.398 e. The van der Waals surface area contributed by atoms with Crippen molar-refractivity contribution in [2.24, 2.45) is 0 Å². The van der Waals surface area contributed by atoms with Crippen LogP contribution in [-0.2, 0) is 0 Å². The van der Waals surface area contributed by atoms with E-state index in [4.69, 9.17) is 5.73 Å². The number of amides is 1. The molecular weight excluding hydrogens is 261 g/mol. The van der Waals surface area contributed by atoms with Crippen LogP contribution in [0.1, 0.15) is 24.3 Å². The number of carbonyl (C=O) groups excluding carboxylic acids is 1. The molecule has 0 atom stereocenters. The Kier molecular flexibility index (Phi) is 3.59. The summed E-state index contributed by atoms with van der Waals surface area (Å²) >= 11 is 0. The van der Waals surface area contributed by atoms with Crippen LogP contribution in [0.3, 0.4) is 0 Å². The number of nitrogens with zero attached hydrogens (tertiary/aromatic N) is 1. The molecule has 0 aliphatic carbocycles. The van der Waals surface area contributed by atoms with Gasteiger partial charge in [0.25, 0.3) is 5.91 Å². The molecule has 1 amide bonds. The van der Waals surface area contributed by atoms with E-state index in [-0.39, 0.29) is 28.8 Å². The lowest BCUT2D eigenvalue weighted by Crippen LogP contribution is -2.46. The maximum atomic E-state index is 13.8. The average Bonchev–Trinajstić information content (AvgIpc) is 2.42. The van der Waals surface area contributed by atoms with Gasteiger partial charge in [0.05, 0.1) is 12.1 Å². The van der Waals surface area contributed by atoms with E-state index in [9.17, 15) is 14.3 Å². The summed E-state index contributed by atoms with van der Waals surface area (Å²) in [5, 5.41) is 12.3. The van der Waals surface area contributed by atoms with Gasteiger partial charge >= 0.3 is 0 Å². The van der Waals surface area contributed by atoms with E-state index >= 15 is 0 Å². The summed E-state index contributed by atoms with van der Waals surface area (Å²) in [5.74, 6) is -0.973. The van der Waals surface area contributed by atoms with Gasteiger partial charge in [-0.3, -0.25) is 9.78 Å². The van der Waals surface area contributed by atoms with Crippen LogP contribution in [0.5, 0.6) is 0 Å². The van der Waals surface area contributed by atoms with Gasteiger partial charge in [-0.05, 0) is 32.0 Å². The number of aromatic nitrogens is 1. The summed E-state index contributed by atoms with van der Waals surface area (Å²) in [6.07, 6.45) is 1.35. The number of nitrogens with one attached hydrogen (secondary N) is 1. The molecule has 0 bridgehead atoms. The maximum absolute atomic E-state index is 13.8. The van der Waals surface area contributed by atoms with Crippen LogP contribution >= 0.6 is 0 Å². The van der Waals surface area contributed by atoms with E-state index in [2.05, 4.69) is 10.3 Å². The average molecular weight is 277 g/mol. The SMILES string of the molecule is CC(C)(CO)NC(=O)c1nccc2c(F)ccc(N)c12. The van der Waals surface area contributed by atoms with E-state index in [0.717, 1.165) is 0 Å². The molecule has 20 heavy (non-hydrogen) atoms. The summed E-state index contributed by atoms with van der Waals surface area (Å²) in [6.45, 7) is 3.10.